The maximum absolute atomic E-state index is 12.9. The van der Waals surface area contributed by atoms with Crippen LogP contribution >= 0.6 is 0 Å². The molecule has 1 N–H and O–H groups in total. The van der Waals surface area contributed by atoms with Crippen LogP contribution in [0.3, 0.4) is 0 Å². The fourth-order valence-corrected chi connectivity index (χ4v) is 4.30. The van der Waals surface area contributed by atoms with Gasteiger partial charge in [0.1, 0.15) is 5.78 Å². The number of nitrogens with one attached hydrogen (secondary N) is 1. The first-order valence-electron chi connectivity index (χ1n) is 10.3. The van der Waals surface area contributed by atoms with Crippen molar-refractivity contribution in [2.45, 2.75) is 46.0 Å². The van der Waals surface area contributed by atoms with Crippen molar-refractivity contribution in [3.05, 3.63) is 29.3 Å². The van der Waals surface area contributed by atoms with Crippen molar-refractivity contribution in [2.24, 2.45) is 17.8 Å². The van der Waals surface area contributed by atoms with E-state index in [9.17, 15) is 19.2 Å². The number of carbonyl (C=O) groups is 4. The largest absolute Gasteiger partial charge is 0.462 e. The van der Waals surface area contributed by atoms with E-state index in [1.807, 2.05) is 0 Å². The molecular formula is C22H27NO6. The molecule has 2 bridgehead atoms. The first-order chi connectivity index (χ1) is 13.9. The van der Waals surface area contributed by atoms with Crippen molar-refractivity contribution in [1.82, 2.24) is 0 Å². The normalized spacial score (nSPS) is 23.2. The van der Waals surface area contributed by atoms with Gasteiger partial charge in [0.05, 0.1) is 24.3 Å². The summed E-state index contributed by atoms with van der Waals surface area (Å²) in [5.74, 6) is -1.35. The third-order valence-corrected chi connectivity index (χ3v) is 5.64. The standard InChI is InChI=1S/C22H27NO6/c1-3-28-21(26)16-10-17(22(27)29-4-2)12-18(11-16)23-20(25)15-8-13-6-5-7-14(9-15)19(13)24/h10-15H,3-9H2,1-2H3,(H,23,25). The smallest absolute Gasteiger partial charge is 0.338 e. The van der Waals surface area contributed by atoms with Gasteiger partial charge in [-0.25, -0.2) is 9.59 Å². The lowest BCUT2D eigenvalue weighted by Gasteiger charge is -2.36. The minimum atomic E-state index is -0.577. The molecule has 2 saturated carbocycles. The molecule has 2 aliphatic carbocycles. The van der Waals surface area contributed by atoms with Crippen molar-refractivity contribution in [1.29, 1.82) is 0 Å². The molecule has 0 saturated heterocycles. The van der Waals surface area contributed by atoms with E-state index in [2.05, 4.69) is 5.32 Å². The van der Waals surface area contributed by atoms with Gasteiger partial charge >= 0.3 is 11.9 Å². The molecule has 156 valence electrons. The molecule has 7 heteroatoms. The van der Waals surface area contributed by atoms with E-state index in [-0.39, 0.29) is 48.0 Å². The molecule has 29 heavy (non-hydrogen) atoms. The zero-order valence-corrected chi connectivity index (χ0v) is 16.9. The second-order valence-electron chi connectivity index (χ2n) is 7.62. The van der Waals surface area contributed by atoms with Crippen LogP contribution in [0.15, 0.2) is 18.2 Å². The average Bonchev–Trinajstić information content (AvgIpc) is 2.67. The van der Waals surface area contributed by atoms with Crippen LogP contribution in [0.1, 0.15) is 66.7 Å². The topological polar surface area (TPSA) is 98.8 Å². The van der Waals surface area contributed by atoms with Crippen LogP contribution in [0.25, 0.3) is 0 Å². The van der Waals surface area contributed by atoms with Crippen molar-refractivity contribution in [3.8, 4) is 0 Å². The van der Waals surface area contributed by atoms with Crippen LogP contribution in [0.5, 0.6) is 0 Å². The quantitative estimate of drug-likeness (QED) is 0.734. The number of esters is 2. The Balaban J connectivity index is 1.79. The fourth-order valence-electron chi connectivity index (χ4n) is 4.30. The molecule has 2 atom stereocenters. The molecule has 3 rings (SSSR count). The minimum Gasteiger partial charge on any atom is -0.462 e. The summed E-state index contributed by atoms with van der Waals surface area (Å²) in [7, 11) is 0. The second kappa shape index (κ2) is 9.20. The number of ketones is 1. The van der Waals surface area contributed by atoms with E-state index in [0.29, 0.717) is 24.3 Å². The summed E-state index contributed by atoms with van der Waals surface area (Å²) in [6.07, 6.45) is 3.86. The summed E-state index contributed by atoms with van der Waals surface area (Å²) >= 11 is 0. The third-order valence-electron chi connectivity index (χ3n) is 5.64. The number of benzene rings is 1. The summed E-state index contributed by atoms with van der Waals surface area (Å²) in [4.78, 5) is 49.4. The molecule has 0 aromatic heterocycles. The van der Waals surface area contributed by atoms with Crippen LogP contribution in [-0.2, 0) is 19.1 Å². The van der Waals surface area contributed by atoms with Gasteiger partial charge in [-0.2, -0.15) is 0 Å². The van der Waals surface area contributed by atoms with E-state index >= 15 is 0 Å². The average molecular weight is 401 g/mol. The highest BCUT2D eigenvalue weighted by molar-refractivity contribution is 6.00. The first-order valence-corrected chi connectivity index (χ1v) is 10.3. The molecule has 2 fully saturated rings. The summed E-state index contributed by atoms with van der Waals surface area (Å²) < 4.78 is 10.0. The van der Waals surface area contributed by atoms with Crippen molar-refractivity contribution >= 4 is 29.3 Å². The minimum absolute atomic E-state index is 0.0285. The van der Waals surface area contributed by atoms with Crippen LogP contribution in [0.4, 0.5) is 5.69 Å². The van der Waals surface area contributed by atoms with Gasteiger partial charge in [-0.15, -0.1) is 0 Å². The number of Topliss-reactive ketones (excluding diaryl/α,β-unsaturated/α-hetero) is 1. The Morgan fingerprint density at radius 2 is 1.45 bits per heavy atom. The summed E-state index contributed by atoms with van der Waals surface area (Å²) in [5.41, 5.74) is 0.678. The fraction of sp³-hybridized carbons (Fsp3) is 0.545. The number of hydrogen-bond acceptors (Lipinski definition) is 6. The lowest BCUT2D eigenvalue weighted by atomic mass is 9.67. The van der Waals surface area contributed by atoms with Gasteiger partial charge in [-0.1, -0.05) is 6.42 Å². The number of rotatable bonds is 6. The van der Waals surface area contributed by atoms with Crippen molar-refractivity contribution in [3.63, 3.8) is 0 Å². The molecule has 1 aromatic carbocycles. The zero-order chi connectivity index (χ0) is 21.0. The van der Waals surface area contributed by atoms with Crippen molar-refractivity contribution in [2.75, 3.05) is 18.5 Å². The molecule has 7 nitrogen and oxygen atoms in total. The Kier molecular flexibility index (Phi) is 6.67. The maximum Gasteiger partial charge on any atom is 0.338 e. The Labute approximate surface area is 170 Å². The predicted molar refractivity (Wildman–Crippen MR) is 106 cm³/mol. The molecule has 0 heterocycles. The van der Waals surface area contributed by atoms with Gasteiger partial charge in [-0.3, -0.25) is 9.59 Å². The van der Waals surface area contributed by atoms with E-state index in [0.717, 1.165) is 19.3 Å². The molecule has 2 unspecified atom stereocenters. The SMILES string of the molecule is CCOC(=O)c1cc(NC(=O)C2CC3CCCC(C2)C3=O)cc(C(=O)OCC)c1. The van der Waals surface area contributed by atoms with Gasteiger partial charge in [0.25, 0.3) is 0 Å². The number of hydrogen-bond donors (Lipinski definition) is 1. The van der Waals surface area contributed by atoms with E-state index < -0.39 is 11.9 Å². The zero-order valence-electron chi connectivity index (χ0n) is 16.9. The van der Waals surface area contributed by atoms with Gasteiger partial charge < -0.3 is 14.8 Å². The lowest BCUT2D eigenvalue weighted by Crippen LogP contribution is -2.40. The van der Waals surface area contributed by atoms with Gasteiger partial charge in [0.15, 0.2) is 0 Å². The lowest BCUT2D eigenvalue weighted by molar-refractivity contribution is -0.136. The van der Waals surface area contributed by atoms with E-state index in [4.69, 9.17) is 9.47 Å². The third kappa shape index (κ3) is 4.83. The summed E-state index contributed by atoms with van der Waals surface area (Å²) in [5, 5.41) is 2.82. The van der Waals surface area contributed by atoms with Crippen LogP contribution < -0.4 is 5.32 Å². The summed E-state index contributed by atoms with van der Waals surface area (Å²) in [6, 6.07) is 4.39. The molecule has 1 aromatic rings. The molecule has 1 amide bonds. The molecule has 2 aliphatic rings. The maximum atomic E-state index is 12.9. The monoisotopic (exact) mass is 401 g/mol. The molecule has 0 spiro atoms. The van der Waals surface area contributed by atoms with Crippen LogP contribution in [0, 0.1) is 17.8 Å². The van der Waals surface area contributed by atoms with E-state index in [1.54, 1.807) is 13.8 Å². The Morgan fingerprint density at radius 1 is 0.931 bits per heavy atom. The highest BCUT2D eigenvalue weighted by atomic mass is 16.5. The molecule has 0 aliphatic heterocycles. The van der Waals surface area contributed by atoms with Gasteiger partial charge in [-0.05, 0) is 57.7 Å². The van der Waals surface area contributed by atoms with Crippen LogP contribution in [-0.4, -0.2) is 36.8 Å². The highest BCUT2D eigenvalue weighted by Gasteiger charge is 2.41. The predicted octanol–water partition coefficient (Wildman–Crippen LogP) is 3.37. The first kappa shape index (κ1) is 21.0. The van der Waals surface area contributed by atoms with E-state index in [1.165, 1.54) is 18.2 Å². The number of ether oxygens (including phenoxy) is 2. The Bertz CT molecular complexity index is 765. The Morgan fingerprint density at radius 3 is 1.93 bits per heavy atom. The van der Waals surface area contributed by atoms with Gasteiger partial charge in [0, 0.05) is 23.4 Å². The summed E-state index contributed by atoms with van der Waals surface area (Å²) in [6.45, 7) is 3.78. The molecule has 0 radical (unpaired) electrons. The van der Waals surface area contributed by atoms with Gasteiger partial charge in [0.2, 0.25) is 5.91 Å². The van der Waals surface area contributed by atoms with Crippen molar-refractivity contribution < 1.29 is 28.7 Å². The number of amides is 1. The number of carbonyl (C=O) groups excluding carboxylic acids is 4. The highest BCUT2D eigenvalue weighted by Crippen LogP contribution is 2.40. The number of fused-ring (bicyclic) bond motifs is 2. The van der Waals surface area contributed by atoms with Crippen LogP contribution in [0.2, 0.25) is 0 Å². The molecular weight excluding hydrogens is 374 g/mol. The Hall–Kier alpha value is -2.70. The number of anilines is 1. The second-order valence-corrected chi connectivity index (χ2v) is 7.62.